The zero-order chi connectivity index (χ0) is 14.7. The molecule has 0 heterocycles. The molecule has 114 valence electrons. The van der Waals surface area contributed by atoms with Crippen LogP contribution in [0, 0.1) is 0 Å². The maximum Gasteiger partial charge on any atom is 0.223 e. The molecule has 3 nitrogen and oxygen atoms in total. The minimum absolute atomic E-state index is 0.361. The summed E-state index contributed by atoms with van der Waals surface area (Å²) in [5.74, 6) is 1.23. The van der Waals surface area contributed by atoms with Gasteiger partial charge in [-0.15, -0.1) is 0 Å². The standard InChI is InChI=1S/C18H25NO2/c1-21-17-11-6-14(7-12-17)8-13-18(20)19(16-9-10-16)15-4-2-3-5-15/h6-7,11-12,15-16H,2-5,8-10,13H2,1H3. The minimum Gasteiger partial charge on any atom is -0.497 e. The fraction of sp³-hybridized carbons (Fsp3) is 0.611. The Morgan fingerprint density at radius 3 is 2.29 bits per heavy atom. The lowest BCUT2D eigenvalue weighted by atomic mass is 10.1. The molecule has 1 aromatic carbocycles. The quantitative estimate of drug-likeness (QED) is 0.800. The molecular weight excluding hydrogens is 262 g/mol. The second-order valence-electron chi connectivity index (χ2n) is 6.32. The van der Waals surface area contributed by atoms with E-state index in [2.05, 4.69) is 17.0 Å². The van der Waals surface area contributed by atoms with E-state index in [4.69, 9.17) is 4.74 Å². The number of methoxy groups -OCH3 is 1. The van der Waals surface area contributed by atoms with E-state index in [1.165, 1.54) is 44.1 Å². The molecule has 1 aromatic rings. The van der Waals surface area contributed by atoms with Crippen LogP contribution < -0.4 is 4.74 Å². The van der Waals surface area contributed by atoms with Crippen molar-refractivity contribution in [1.82, 2.24) is 4.90 Å². The Balaban J connectivity index is 1.56. The molecule has 0 N–H and O–H groups in total. The number of hydrogen-bond acceptors (Lipinski definition) is 2. The molecule has 21 heavy (non-hydrogen) atoms. The van der Waals surface area contributed by atoms with Gasteiger partial charge < -0.3 is 9.64 Å². The van der Waals surface area contributed by atoms with Crippen LogP contribution in [0.1, 0.15) is 50.5 Å². The van der Waals surface area contributed by atoms with Gasteiger partial charge >= 0.3 is 0 Å². The fourth-order valence-electron chi connectivity index (χ4n) is 3.41. The maximum absolute atomic E-state index is 12.6. The lowest BCUT2D eigenvalue weighted by Gasteiger charge is -2.29. The van der Waals surface area contributed by atoms with Gasteiger partial charge in [0.05, 0.1) is 7.11 Å². The highest BCUT2D eigenvalue weighted by Crippen LogP contribution is 2.35. The normalized spacial score (nSPS) is 18.7. The van der Waals surface area contributed by atoms with Gasteiger partial charge in [0.25, 0.3) is 0 Å². The van der Waals surface area contributed by atoms with Crippen LogP contribution in [0.2, 0.25) is 0 Å². The largest absolute Gasteiger partial charge is 0.497 e. The average Bonchev–Trinajstić information content (AvgIpc) is 3.20. The Bertz CT molecular complexity index is 472. The summed E-state index contributed by atoms with van der Waals surface area (Å²) in [6.07, 6.45) is 8.91. The first-order valence-corrected chi connectivity index (χ1v) is 8.22. The van der Waals surface area contributed by atoms with Gasteiger partial charge in [-0.2, -0.15) is 0 Å². The highest BCUT2D eigenvalue weighted by atomic mass is 16.5. The van der Waals surface area contributed by atoms with Crippen LogP contribution in [-0.2, 0) is 11.2 Å². The number of benzene rings is 1. The van der Waals surface area contributed by atoms with Crippen LogP contribution in [0.5, 0.6) is 5.75 Å². The Morgan fingerprint density at radius 1 is 1.10 bits per heavy atom. The van der Waals surface area contributed by atoms with Crippen molar-refractivity contribution in [2.45, 2.75) is 63.5 Å². The first kappa shape index (κ1) is 14.4. The SMILES string of the molecule is COc1ccc(CCC(=O)N(C2CCCC2)C2CC2)cc1. The Kier molecular flexibility index (Phi) is 4.47. The molecular formula is C18H25NO2. The summed E-state index contributed by atoms with van der Waals surface area (Å²) < 4.78 is 5.17. The van der Waals surface area contributed by atoms with Crippen molar-refractivity contribution >= 4 is 5.91 Å². The second-order valence-corrected chi connectivity index (χ2v) is 6.32. The number of amides is 1. The van der Waals surface area contributed by atoms with E-state index in [0.29, 0.717) is 24.4 Å². The van der Waals surface area contributed by atoms with Crippen LogP contribution in [0.4, 0.5) is 0 Å². The van der Waals surface area contributed by atoms with Gasteiger partial charge in [0.2, 0.25) is 5.91 Å². The van der Waals surface area contributed by atoms with Crippen molar-refractivity contribution in [1.29, 1.82) is 0 Å². The Labute approximate surface area is 127 Å². The molecule has 0 unspecified atom stereocenters. The minimum atomic E-state index is 0.361. The van der Waals surface area contributed by atoms with Crippen LogP contribution in [0.3, 0.4) is 0 Å². The number of nitrogens with zero attached hydrogens (tertiary/aromatic N) is 1. The molecule has 2 fully saturated rings. The number of carbonyl (C=O) groups is 1. The third-order valence-electron chi connectivity index (χ3n) is 4.73. The van der Waals surface area contributed by atoms with Crippen molar-refractivity contribution in [2.24, 2.45) is 0 Å². The third-order valence-corrected chi connectivity index (χ3v) is 4.73. The van der Waals surface area contributed by atoms with Gasteiger partial charge in [0.15, 0.2) is 0 Å². The predicted octanol–water partition coefficient (Wildman–Crippen LogP) is 3.56. The Morgan fingerprint density at radius 2 is 1.71 bits per heavy atom. The first-order chi connectivity index (χ1) is 10.3. The summed E-state index contributed by atoms with van der Waals surface area (Å²) in [6.45, 7) is 0. The summed E-state index contributed by atoms with van der Waals surface area (Å²) in [7, 11) is 1.67. The summed E-state index contributed by atoms with van der Waals surface area (Å²) in [4.78, 5) is 14.8. The number of rotatable bonds is 6. The van der Waals surface area contributed by atoms with Crippen molar-refractivity contribution in [2.75, 3.05) is 7.11 Å². The van der Waals surface area contributed by atoms with E-state index in [1.807, 2.05) is 12.1 Å². The van der Waals surface area contributed by atoms with Crippen molar-refractivity contribution in [3.05, 3.63) is 29.8 Å². The predicted molar refractivity (Wildman–Crippen MR) is 83.4 cm³/mol. The van der Waals surface area contributed by atoms with Crippen LogP contribution in [0.25, 0.3) is 0 Å². The van der Waals surface area contributed by atoms with E-state index in [9.17, 15) is 4.79 Å². The van der Waals surface area contributed by atoms with Gasteiger partial charge in [-0.3, -0.25) is 4.79 Å². The fourth-order valence-corrected chi connectivity index (χ4v) is 3.41. The average molecular weight is 287 g/mol. The molecule has 2 saturated carbocycles. The number of carbonyl (C=O) groups excluding carboxylic acids is 1. The van der Waals surface area contributed by atoms with Crippen molar-refractivity contribution < 1.29 is 9.53 Å². The topological polar surface area (TPSA) is 29.5 Å². The molecule has 2 aliphatic rings. The number of hydrogen-bond donors (Lipinski definition) is 0. The second kappa shape index (κ2) is 6.50. The Hall–Kier alpha value is -1.51. The first-order valence-electron chi connectivity index (χ1n) is 8.22. The molecule has 0 aliphatic heterocycles. The maximum atomic E-state index is 12.6. The molecule has 0 radical (unpaired) electrons. The van der Waals surface area contributed by atoms with Crippen molar-refractivity contribution in [3.63, 3.8) is 0 Å². The zero-order valence-electron chi connectivity index (χ0n) is 12.9. The lowest BCUT2D eigenvalue weighted by molar-refractivity contribution is -0.134. The molecule has 0 spiro atoms. The summed E-state index contributed by atoms with van der Waals surface area (Å²) in [5, 5.41) is 0. The van der Waals surface area contributed by atoms with Gasteiger partial charge in [-0.05, 0) is 49.8 Å². The molecule has 1 amide bonds. The van der Waals surface area contributed by atoms with E-state index < -0.39 is 0 Å². The van der Waals surface area contributed by atoms with E-state index in [-0.39, 0.29) is 0 Å². The number of ether oxygens (including phenoxy) is 1. The summed E-state index contributed by atoms with van der Waals surface area (Å²) >= 11 is 0. The third kappa shape index (κ3) is 3.58. The summed E-state index contributed by atoms with van der Waals surface area (Å²) in [5.41, 5.74) is 1.21. The van der Waals surface area contributed by atoms with Gasteiger partial charge in [-0.1, -0.05) is 25.0 Å². The molecule has 0 atom stereocenters. The van der Waals surface area contributed by atoms with Crippen molar-refractivity contribution in [3.8, 4) is 5.75 Å². The lowest BCUT2D eigenvalue weighted by Crippen LogP contribution is -2.40. The van der Waals surface area contributed by atoms with E-state index in [1.54, 1.807) is 7.11 Å². The molecule has 3 rings (SSSR count). The highest BCUT2D eigenvalue weighted by molar-refractivity contribution is 5.77. The van der Waals surface area contributed by atoms with Crippen LogP contribution in [-0.4, -0.2) is 30.0 Å². The molecule has 0 aromatic heterocycles. The highest BCUT2D eigenvalue weighted by Gasteiger charge is 2.37. The molecule has 3 heteroatoms. The van der Waals surface area contributed by atoms with E-state index in [0.717, 1.165) is 12.2 Å². The molecule has 0 bridgehead atoms. The van der Waals surface area contributed by atoms with Gasteiger partial charge in [-0.25, -0.2) is 0 Å². The van der Waals surface area contributed by atoms with Crippen LogP contribution in [0.15, 0.2) is 24.3 Å². The molecule has 2 aliphatic carbocycles. The van der Waals surface area contributed by atoms with Gasteiger partial charge in [0, 0.05) is 18.5 Å². The smallest absolute Gasteiger partial charge is 0.223 e. The monoisotopic (exact) mass is 287 g/mol. The zero-order valence-corrected chi connectivity index (χ0v) is 12.9. The number of aryl methyl sites for hydroxylation is 1. The van der Waals surface area contributed by atoms with E-state index >= 15 is 0 Å². The van der Waals surface area contributed by atoms with Gasteiger partial charge in [0.1, 0.15) is 5.75 Å². The molecule has 0 saturated heterocycles. The van der Waals surface area contributed by atoms with Crippen LogP contribution >= 0.6 is 0 Å². The summed E-state index contributed by atoms with van der Waals surface area (Å²) in [6, 6.07) is 9.13.